The molecule has 0 radical (unpaired) electrons. The molecule has 44 heavy (non-hydrogen) atoms. The third-order valence-corrected chi connectivity index (χ3v) is 9.86. The lowest BCUT2D eigenvalue weighted by Gasteiger charge is -2.43. The highest BCUT2D eigenvalue weighted by Crippen LogP contribution is 2.53. The van der Waals surface area contributed by atoms with Crippen LogP contribution in [0.1, 0.15) is 90.5 Å². The average molecular weight is 645 g/mol. The van der Waals surface area contributed by atoms with Crippen LogP contribution in [0, 0.1) is 11.7 Å². The molecule has 1 aliphatic carbocycles. The summed E-state index contributed by atoms with van der Waals surface area (Å²) in [6.45, 7) is 1.82. The van der Waals surface area contributed by atoms with E-state index in [0.29, 0.717) is 46.9 Å². The van der Waals surface area contributed by atoms with Gasteiger partial charge in [-0.1, -0.05) is 54.4 Å². The third kappa shape index (κ3) is 5.63. The molecule has 1 saturated carbocycles. The van der Waals surface area contributed by atoms with E-state index in [1.54, 1.807) is 54.6 Å². The van der Waals surface area contributed by atoms with Gasteiger partial charge in [-0.3, -0.25) is 14.5 Å². The van der Waals surface area contributed by atoms with Gasteiger partial charge in [0.1, 0.15) is 5.82 Å². The number of nitrogens with zero attached hydrogens (tertiary/aromatic N) is 1. The normalized spacial score (nSPS) is 23.7. The van der Waals surface area contributed by atoms with Gasteiger partial charge in [0.15, 0.2) is 5.72 Å². The fourth-order valence-corrected chi connectivity index (χ4v) is 7.33. The van der Waals surface area contributed by atoms with E-state index in [1.807, 2.05) is 6.92 Å². The summed E-state index contributed by atoms with van der Waals surface area (Å²) in [7, 11) is 1.38. The van der Waals surface area contributed by atoms with Crippen molar-refractivity contribution in [2.24, 2.45) is 5.92 Å². The molecule has 1 aliphatic heterocycles. The number of aliphatic hydroxyl groups excluding tert-OH is 1. The molecule has 10 heteroatoms. The SMILES string of the molecule is CCC(O)(c1cc(F)c2c(c1)C(=O)N([C@@H](CCC(=O)O)c1ccc(Cl)cc1)[C@@]2(OC)c1ccc(Cl)cc1)C1CCC(O)CC1. The monoisotopic (exact) mass is 643 g/mol. The Balaban J connectivity index is 1.74. The topological polar surface area (TPSA) is 107 Å². The van der Waals surface area contributed by atoms with Gasteiger partial charge in [-0.2, -0.15) is 0 Å². The average Bonchev–Trinajstić information content (AvgIpc) is 3.27. The number of carboxylic acid groups (broad SMARTS) is 1. The van der Waals surface area contributed by atoms with E-state index < -0.39 is 41.2 Å². The maximum absolute atomic E-state index is 16.7. The van der Waals surface area contributed by atoms with Gasteiger partial charge in [0.05, 0.1) is 28.9 Å². The zero-order chi connectivity index (χ0) is 31.8. The first-order valence-electron chi connectivity index (χ1n) is 14.8. The fraction of sp³-hybridized carbons (Fsp3) is 0.412. The van der Waals surface area contributed by atoms with Crippen LogP contribution in [0.25, 0.3) is 0 Å². The number of carboxylic acids is 1. The number of ether oxygens (including phenoxy) is 1. The van der Waals surface area contributed by atoms with Crippen LogP contribution in [0.4, 0.5) is 4.39 Å². The lowest BCUT2D eigenvalue weighted by Crippen LogP contribution is -2.48. The minimum absolute atomic E-state index is 0.00711. The molecule has 1 amide bonds. The predicted octanol–water partition coefficient (Wildman–Crippen LogP) is 7.19. The number of halogens is 3. The number of benzene rings is 3. The molecule has 1 heterocycles. The molecule has 1 fully saturated rings. The first kappa shape index (κ1) is 32.4. The second kappa shape index (κ2) is 12.8. The number of hydrogen-bond acceptors (Lipinski definition) is 5. The van der Waals surface area contributed by atoms with Crippen LogP contribution in [-0.4, -0.2) is 45.3 Å². The Morgan fingerprint density at radius 3 is 2.20 bits per heavy atom. The number of aliphatic carboxylic acids is 1. The van der Waals surface area contributed by atoms with Crippen molar-refractivity contribution in [3.63, 3.8) is 0 Å². The van der Waals surface area contributed by atoms with Gasteiger partial charge in [-0.25, -0.2) is 4.39 Å². The summed E-state index contributed by atoms with van der Waals surface area (Å²) in [5.74, 6) is -2.59. The van der Waals surface area contributed by atoms with Crippen molar-refractivity contribution < 1.29 is 34.0 Å². The Morgan fingerprint density at radius 2 is 1.66 bits per heavy atom. The van der Waals surface area contributed by atoms with Crippen molar-refractivity contribution in [1.82, 2.24) is 4.90 Å². The van der Waals surface area contributed by atoms with Gasteiger partial charge in [0, 0.05) is 29.1 Å². The molecule has 0 saturated heterocycles. The van der Waals surface area contributed by atoms with E-state index in [1.165, 1.54) is 18.1 Å². The van der Waals surface area contributed by atoms with Crippen LogP contribution in [0.2, 0.25) is 10.0 Å². The summed E-state index contributed by atoms with van der Waals surface area (Å²) < 4.78 is 22.9. The molecular formula is C34H36Cl2FNO6. The van der Waals surface area contributed by atoms with Crippen molar-refractivity contribution in [3.05, 3.63) is 104 Å². The highest BCUT2D eigenvalue weighted by Gasteiger charge is 2.57. The van der Waals surface area contributed by atoms with Crippen LogP contribution >= 0.6 is 23.2 Å². The highest BCUT2D eigenvalue weighted by molar-refractivity contribution is 6.30. The number of rotatable bonds is 10. The van der Waals surface area contributed by atoms with E-state index in [2.05, 4.69) is 0 Å². The Labute approximate surface area is 266 Å². The molecule has 0 spiro atoms. The van der Waals surface area contributed by atoms with Crippen molar-refractivity contribution in [3.8, 4) is 0 Å². The number of amides is 1. The number of carbonyl (C=O) groups is 2. The molecule has 1 unspecified atom stereocenters. The van der Waals surface area contributed by atoms with Crippen LogP contribution in [-0.2, 0) is 20.9 Å². The quantitative estimate of drug-likeness (QED) is 0.216. The Morgan fingerprint density at radius 1 is 1.07 bits per heavy atom. The number of aliphatic hydroxyl groups is 2. The zero-order valence-electron chi connectivity index (χ0n) is 24.6. The maximum atomic E-state index is 16.7. The molecule has 0 aromatic heterocycles. The van der Waals surface area contributed by atoms with Crippen molar-refractivity contribution in [2.45, 2.75) is 75.3 Å². The fourth-order valence-electron chi connectivity index (χ4n) is 7.07. The Bertz CT molecular complexity index is 1530. The molecule has 3 N–H and O–H groups in total. The summed E-state index contributed by atoms with van der Waals surface area (Å²) in [5.41, 5.74) is -1.93. The van der Waals surface area contributed by atoms with Gasteiger partial charge >= 0.3 is 5.97 Å². The zero-order valence-corrected chi connectivity index (χ0v) is 26.1. The van der Waals surface area contributed by atoms with E-state index in [4.69, 9.17) is 27.9 Å². The maximum Gasteiger partial charge on any atom is 0.303 e. The largest absolute Gasteiger partial charge is 0.481 e. The highest BCUT2D eigenvalue weighted by atomic mass is 35.5. The van der Waals surface area contributed by atoms with Gasteiger partial charge in [0.2, 0.25) is 0 Å². The predicted molar refractivity (Wildman–Crippen MR) is 165 cm³/mol. The van der Waals surface area contributed by atoms with Crippen LogP contribution < -0.4 is 0 Å². The minimum atomic E-state index is -1.79. The molecule has 7 nitrogen and oxygen atoms in total. The lowest BCUT2D eigenvalue weighted by molar-refractivity contribution is -0.138. The van der Waals surface area contributed by atoms with Crippen molar-refractivity contribution in [2.75, 3.05) is 7.11 Å². The van der Waals surface area contributed by atoms with E-state index >= 15 is 4.39 Å². The van der Waals surface area contributed by atoms with Crippen LogP contribution in [0.15, 0.2) is 60.7 Å². The first-order valence-corrected chi connectivity index (χ1v) is 15.6. The first-order chi connectivity index (χ1) is 21.0. The summed E-state index contributed by atoms with van der Waals surface area (Å²) >= 11 is 12.4. The summed E-state index contributed by atoms with van der Waals surface area (Å²) in [6, 6.07) is 15.2. The second-order valence-corrected chi connectivity index (χ2v) is 12.6. The Kier molecular flexibility index (Phi) is 9.40. The minimum Gasteiger partial charge on any atom is -0.481 e. The van der Waals surface area contributed by atoms with Gasteiger partial charge in [-0.05, 0) is 92.0 Å². The molecule has 3 aromatic rings. The third-order valence-electron chi connectivity index (χ3n) is 9.36. The van der Waals surface area contributed by atoms with E-state index in [-0.39, 0.29) is 41.9 Å². The summed E-state index contributed by atoms with van der Waals surface area (Å²) in [5, 5.41) is 32.6. The molecule has 234 valence electrons. The molecule has 3 aromatic carbocycles. The van der Waals surface area contributed by atoms with Gasteiger partial charge in [0.25, 0.3) is 5.91 Å². The molecule has 5 rings (SSSR count). The Hall–Kier alpha value is -3.01. The molecular weight excluding hydrogens is 608 g/mol. The molecule has 3 atom stereocenters. The van der Waals surface area contributed by atoms with Crippen molar-refractivity contribution in [1.29, 1.82) is 0 Å². The number of methoxy groups -OCH3 is 1. The number of fused-ring (bicyclic) bond motifs is 1. The van der Waals surface area contributed by atoms with Crippen LogP contribution in [0.5, 0.6) is 0 Å². The molecule has 2 aliphatic rings. The summed E-state index contributed by atoms with van der Waals surface area (Å²) in [6.07, 6.45) is 1.76. The molecule has 0 bridgehead atoms. The van der Waals surface area contributed by atoms with Crippen molar-refractivity contribution >= 4 is 35.1 Å². The second-order valence-electron chi connectivity index (χ2n) is 11.7. The van der Waals surface area contributed by atoms with Gasteiger partial charge < -0.3 is 20.1 Å². The van der Waals surface area contributed by atoms with Crippen LogP contribution in [0.3, 0.4) is 0 Å². The summed E-state index contributed by atoms with van der Waals surface area (Å²) in [4.78, 5) is 27.8. The number of carbonyl (C=O) groups excluding carboxylic acids is 1. The van der Waals surface area contributed by atoms with Gasteiger partial charge in [-0.15, -0.1) is 0 Å². The lowest BCUT2D eigenvalue weighted by atomic mass is 9.71. The van der Waals surface area contributed by atoms with E-state index in [0.717, 1.165) is 0 Å². The van der Waals surface area contributed by atoms with E-state index in [9.17, 15) is 24.9 Å². The smallest absolute Gasteiger partial charge is 0.303 e. The number of hydrogen-bond donors (Lipinski definition) is 3. The standard InChI is InChI=1S/C34H36Cl2FNO6/c1-3-33(43,21-8-14-26(39)15-9-21)23-18-27-31(28(37)19-23)34(44-2,22-6-12-25(36)13-7-22)38(32(27)42)29(16-17-30(40)41)20-4-10-24(35)11-5-20/h4-7,10-13,18-19,21,26,29,39,43H,3,8-9,14-17H2,1-2H3,(H,40,41)/t21?,26?,29-,33?,34+/m0/s1.